The topological polar surface area (TPSA) is 75.9 Å². The largest absolute Gasteiger partial charge is 0.355 e. The minimum atomic E-state index is -0.308. The van der Waals surface area contributed by atoms with Gasteiger partial charge in [-0.15, -0.1) is 10.2 Å². The van der Waals surface area contributed by atoms with Crippen molar-refractivity contribution in [3.63, 3.8) is 0 Å². The third kappa shape index (κ3) is 4.98. The Morgan fingerprint density at radius 3 is 2.32 bits per heavy atom. The number of para-hydroxylation sites is 1. The Labute approximate surface area is 199 Å². The summed E-state index contributed by atoms with van der Waals surface area (Å²) >= 11 is 0. The van der Waals surface area contributed by atoms with E-state index in [4.69, 9.17) is 0 Å². The van der Waals surface area contributed by atoms with Gasteiger partial charge in [-0.3, -0.25) is 4.79 Å². The summed E-state index contributed by atoms with van der Waals surface area (Å²) in [4.78, 5) is 15.1. The van der Waals surface area contributed by atoms with Gasteiger partial charge in [0, 0.05) is 19.2 Å². The van der Waals surface area contributed by atoms with Gasteiger partial charge in [-0.05, 0) is 61.9 Å². The lowest BCUT2D eigenvalue weighted by Crippen LogP contribution is -2.35. The molecule has 34 heavy (non-hydrogen) atoms. The van der Waals surface area contributed by atoms with Crippen molar-refractivity contribution in [2.45, 2.75) is 26.2 Å². The molecule has 1 amide bonds. The van der Waals surface area contributed by atoms with Crippen molar-refractivity contribution in [1.82, 2.24) is 20.0 Å². The first-order chi connectivity index (χ1) is 16.7. The number of aromatic nitrogens is 4. The second-order valence-corrected chi connectivity index (χ2v) is 8.77. The first-order valence-corrected chi connectivity index (χ1v) is 11.7. The number of nitrogens with zero attached hydrogens (tertiary/aromatic N) is 5. The lowest BCUT2D eigenvalue weighted by atomic mass is 9.90. The Hall–Kier alpha value is -4.00. The summed E-state index contributed by atoms with van der Waals surface area (Å²) in [7, 11) is 0. The molecule has 7 nitrogen and oxygen atoms in total. The smallest absolute Gasteiger partial charge is 0.277 e. The van der Waals surface area contributed by atoms with E-state index in [9.17, 15) is 4.79 Å². The number of benzene rings is 2. The average molecular weight is 453 g/mol. The molecule has 0 aliphatic carbocycles. The van der Waals surface area contributed by atoms with Crippen LogP contribution in [0.15, 0.2) is 78.9 Å². The number of rotatable bonds is 6. The molecule has 4 aromatic rings. The minimum Gasteiger partial charge on any atom is -0.355 e. The van der Waals surface area contributed by atoms with E-state index in [1.807, 2.05) is 49.4 Å². The van der Waals surface area contributed by atoms with Crippen LogP contribution in [0, 0.1) is 12.8 Å². The summed E-state index contributed by atoms with van der Waals surface area (Å²) in [6, 6.07) is 25.9. The van der Waals surface area contributed by atoms with Crippen LogP contribution in [0.2, 0.25) is 0 Å². The highest BCUT2D eigenvalue weighted by Gasteiger charge is 2.21. The van der Waals surface area contributed by atoms with Crippen LogP contribution >= 0.6 is 0 Å². The van der Waals surface area contributed by atoms with E-state index in [2.05, 4.69) is 55.8 Å². The molecule has 0 saturated carbocycles. The monoisotopic (exact) mass is 452 g/mol. The van der Waals surface area contributed by atoms with Crippen LogP contribution in [0.1, 0.15) is 34.6 Å². The number of anilines is 2. The van der Waals surface area contributed by atoms with E-state index >= 15 is 0 Å². The predicted octanol–water partition coefficient (Wildman–Crippen LogP) is 4.68. The molecule has 0 atom stereocenters. The van der Waals surface area contributed by atoms with E-state index in [1.54, 1.807) is 10.7 Å². The number of hydrogen-bond acceptors (Lipinski definition) is 5. The predicted molar refractivity (Wildman–Crippen MR) is 133 cm³/mol. The molecule has 7 heteroatoms. The zero-order valence-electron chi connectivity index (χ0n) is 19.3. The fraction of sp³-hybridized carbons (Fsp3) is 0.259. The van der Waals surface area contributed by atoms with Crippen molar-refractivity contribution < 1.29 is 4.79 Å². The molecule has 172 valence electrons. The van der Waals surface area contributed by atoms with E-state index in [0.717, 1.165) is 49.6 Å². The van der Waals surface area contributed by atoms with Crippen LogP contribution in [0.5, 0.6) is 0 Å². The van der Waals surface area contributed by atoms with Crippen LogP contribution < -0.4 is 10.2 Å². The van der Waals surface area contributed by atoms with Gasteiger partial charge in [0.25, 0.3) is 5.91 Å². The van der Waals surface area contributed by atoms with E-state index in [0.29, 0.717) is 11.7 Å². The molecule has 0 radical (unpaired) electrons. The van der Waals surface area contributed by atoms with Gasteiger partial charge in [-0.2, -0.15) is 5.10 Å². The minimum absolute atomic E-state index is 0.279. The van der Waals surface area contributed by atoms with E-state index in [-0.39, 0.29) is 11.6 Å². The number of carbonyl (C=O) groups is 1. The number of hydrogen-bond donors (Lipinski definition) is 1. The maximum absolute atomic E-state index is 12.8. The van der Waals surface area contributed by atoms with Gasteiger partial charge in [-0.25, -0.2) is 4.68 Å². The Kier molecular flexibility index (Phi) is 6.33. The number of nitrogens with one attached hydrogen (secondary N) is 1. The molecule has 1 saturated heterocycles. The molecular formula is C27H28N6O. The lowest BCUT2D eigenvalue weighted by molar-refractivity contribution is 0.102. The summed E-state index contributed by atoms with van der Waals surface area (Å²) in [6.07, 6.45) is 3.38. The van der Waals surface area contributed by atoms with Crippen molar-refractivity contribution >= 4 is 17.5 Å². The number of amides is 1. The van der Waals surface area contributed by atoms with Crippen LogP contribution in [-0.2, 0) is 6.42 Å². The van der Waals surface area contributed by atoms with Crippen molar-refractivity contribution in [3.05, 3.63) is 95.8 Å². The van der Waals surface area contributed by atoms with Crippen LogP contribution in [0.25, 0.3) is 5.69 Å². The molecule has 2 aromatic carbocycles. The molecule has 5 rings (SSSR count). The second kappa shape index (κ2) is 9.87. The molecule has 2 aromatic heterocycles. The van der Waals surface area contributed by atoms with Crippen molar-refractivity contribution in [2.75, 3.05) is 23.3 Å². The van der Waals surface area contributed by atoms with Gasteiger partial charge in [0.2, 0.25) is 0 Å². The van der Waals surface area contributed by atoms with Crippen LogP contribution in [0.3, 0.4) is 0 Å². The second-order valence-electron chi connectivity index (χ2n) is 8.77. The zero-order valence-corrected chi connectivity index (χ0v) is 19.3. The Balaban J connectivity index is 1.20. The summed E-state index contributed by atoms with van der Waals surface area (Å²) in [5.74, 6) is 1.80. The zero-order chi connectivity index (χ0) is 23.3. The van der Waals surface area contributed by atoms with E-state index in [1.165, 1.54) is 5.56 Å². The van der Waals surface area contributed by atoms with Gasteiger partial charge in [0.1, 0.15) is 5.82 Å². The molecule has 3 heterocycles. The first kappa shape index (κ1) is 21.8. The van der Waals surface area contributed by atoms with Gasteiger partial charge in [0.05, 0.1) is 11.4 Å². The summed E-state index contributed by atoms with van der Waals surface area (Å²) in [5, 5.41) is 16.0. The Bertz CT molecular complexity index is 1230. The van der Waals surface area contributed by atoms with Gasteiger partial charge in [0.15, 0.2) is 11.5 Å². The Morgan fingerprint density at radius 1 is 0.941 bits per heavy atom. The third-order valence-corrected chi connectivity index (χ3v) is 6.26. The first-order valence-electron chi connectivity index (χ1n) is 11.7. The van der Waals surface area contributed by atoms with Gasteiger partial charge in [-0.1, -0.05) is 48.5 Å². The van der Waals surface area contributed by atoms with Crippen molar-refractivity contribution in [2.24, 2.45) is 5.92 Å². The molecule has 0 spiro atoms. The highest BCUT2D eigenvalue weighted by Crippen LogP contribution is 2.25. The number of aryl methyl sites for hydroxylation is 1. The standard InChI is InChI=1S/C27H28N6O/c1-20-18-26(33(31-20)23-10-6-3-7-11-23)28-27(34)24-12-13-25(30-29-24)32-16-14-22(15-17-32)19-21-8-4-2-5-9-21/h2-13,18,22H,14-17,19H2,1H3,(H,28,34). The number of carbonyl (C=O) groups excluding carboxylic acids is 1. The molecule has 1 N–H and O–H groups in total. The highest BCUT2D eigenvalue weighted by molar-refractivity contribution is 6.02. The van der Waals surface area contributed by atoms with E-state index < -0.39 is 0 Å². The molecule has 1 aliphatic rings. The summed E-state index contributed by atoms with van der Waals surface area (Å²) in [5.41, 5.74) is 3.38. The summed E-state index contributed by atoms with van der Waals surface area (Å²) < 4.78 is 1.72. The fourth-order valence-electron chi connectivity index (χ4n) is 4.46. The molecule has 0 bridgehead atoms. The average Bonchev–Trinajstić information content (AvgIpc) is 3.25. The van der Waals surface area contributed by atoms with Gasteiger partial charge < -0.3 is 10.2 Å². The molecule has 1 aliphatic heterocycles. The normalized spacial score (nSPS) is 14.2. The van der Waals surface area contributed by atoms with Gasteiger partial charge >= 0.3 is 0 Å². The van der Waals surface area contributed by atoms with Crippen LogP contribution in [0.4, 0.5) is 11.6 Å². The SMILES string of the molecule is Cc1cc(NC(=O)c2ccc(N3CCC(Cc4ccccc4)CC3)nn2)n(-c2ccccc2)n1. The maximum Gasteiger partial charge on any atom is 0.277 e. The Morgan fingerprint density at radius 2 is 1.65 bits per heavy atom. The highest BCUT2D eigenvalue weighted by atomic mass is 16.2. The molecular weight excluding hydrogens is 424 g/mol. The summed E-state index contributed by atoms with van der Waals surface area (Å²) in [6.45, 7) is 3.80. The quantitative estimate of drug-likeness (QED) is 0.460. The van der Waals surface area contributed by atoms with Crippen molar-refractivity contribution in [3.8, 4) is 5.69 Å². The van der Waals surface area contributed by atoms with Crippen LogP contribution in [-0.4, -0.2) is 39.0 Å². The molecule has 1 fully saturated rings. The number of piperidine rings is 1. The lowest BCUT2D eigenvalue weighted by Gasteiger charge is -2.32. The maximum atomic E-state index is 12.8. The molecule has 0 unspecified atom stereocenters. The fourth-order valence-corrected chi connectivity index (χ4v) is 4.46. The van der Waals surface area contributed by atoms with Crippen molar-refractivity contribution in [1.29, 1.82) is 0 Å². The third-order valence-electron chi connectivity index (χ3n) is 6.26.